The van der Waals surface area contributed by atoms with Crippen molar-refractivity contribution in [2.75, 3.05) is 41.3 Å². The molecule has 2 heterocycles. The van der Waals surface area contributed by atoms with Crippen molar-refractivity contribution in [3.63, 3.8) is 0 Å². The van der Waals surface area contributed by atoms with Gasteiger partial charge in [-0.25, -0.2) is 9.37 Å². The van der Waals surface area contributed by atoms with E-state index in [1.165, 1.54) is 29.2 Å². The molecule has 5 nitrogen and oxygen atoms in total. The van der Waals surface area contributed by atoms with Gasteiger partial charge in [-0.1, -0.05) is 11.3 Å². The molecular weight excluding hydrogens is 387 g/mol. The second kappa shape index (κ2) is 7.99. The molecule has 2 aromatic carbocycles. The van der Waals surface area contributed by atoms with Crippen LogP contribution in [0, 0.1) is 18.7 Å². The van der Waals surface area contributed by atoms with Crippen molar-refractivity contribution in [3.8, 4) is 0 Å². The van der Waals surface area contributed by atoms with Crippen molar-refractivity contribution >= 4 is 44.0 Å². The number of nitrogens with zero attached hydrogens (tertiary/aromatic N) is 3. The van der Waals surface area contributed by atoms with Crippen LogP contribution in [-0.4, -0.2) is 37.1 Å². The lowest BCUT2D eigenvalue weighted by atomic mass is 9.99. The van der Waals surface area contributed by atoms with E-state index in [0.29, 0.717) is 13.1 Å². The topological polar surface area (TPSA) is 48.5 Å². The summed E-state index contributed by atoms with van der Waals surface area (Å²) in [4.78, 5) is 21.6. The van der Waals surface area contributed by atoms with Crippen LogP contribution >= 0.6 is 11.3 Å². The number of aromatic nitrogens is 1. The number of carbonyl (C=O) groups is 1. The number of carbonyl (C=O) groups excluding carboxylic acids is 1. The van der Waals surface area contributed by atoms with Crippen LogP contribution in [-0.2, 0) is 4.79 Å². The maximum atomic E-state index is 13.4. The zero-order valence-corrected chi connectivity index (χ0v) is 17.7. The SMILES string of the molecule is CCN(CC)c1ccc(NC(=O)C2CN(c3nc4ccc(F)cc4s3)C2)c(C)c1. The third kappa shape index (κ3) is 3.92. The summed E-state index contributed by atoms with van der Waals surface area (Å²) in [6, 6.07) is 10.8. The van der Waals surface area contributed by atoms with Gasteiger partial charge in [0.1, 0.15) is 5.82 Å². The van der Waals surface area contributed by atoms with Crippen LogP contribution in [0.4, 0.5) is 20.9 Å². The Morgan fingerprint density at radius 3 is 2.69 bits per heavy atom. The molecule has 4 rings (SSSR count). The van der Waals surface area contributed by atoms with Crippen LogP contribution in [0.2, 0.25) is 0 Å². The molecule has 0 unspecified atom stereocenters. The molecule has 1 N–H and O–H groups in total. The monoisotopic (exact) mass is 412 g/mol. The molecule has 152 valence electrons. The third-order valence-corrected chi connectivity index (χ3v) is 6.54. The number of hydrogen-bond acceptors (Lipinski definition) is 5. The van der Waals surface area contributed by atoms with Gasteiger partial charge in [0, 0.05) is 37.6 Å². The number of fused-ring (bicyclic) bond motifs is 1. The zero-order chi connectivity index (χ0) is 20.5. The largest absolute Gasteiger partial charge is 0.372 e. The molecule has 1 fully saturated rings. The Morgan fingerprint density at radius 2 is 2.00 bits per heavy atom. The second-order valence-electron chi connectivity index (χ2n) is 7.37. The summed E-state index contributed by atoms with van der Waals surface area (Å²) >= 11 is 1.46. The predicted octanol–water partition coefficient (Wildman–Crippen LogP) is 4.66. The maximum Gasteiger partial charge on any atom is 0.231 e. The number of hydrogen-bond donors (Lipinski definition) is 1. The molecular formula is C22H25FN4OS. The minimum atomic E-state index is -0.254. The van der Waals surface area contributed by atoms with E-state index in [0.717, 1.165) is 39.7 Å². The molecule has 1 aliphatic heterocycles. The highest BCUT2D eigenvalue weighted by Crippen LogP contribution is 2.34. The quantitative estimate of drug-likeness (QED) is 0.639. The molecule has 0 saturated carbocycles. The van der Waals surface area contributed by atoms with E-state index in [1.807, 2.05) is 13.0 Å². The van der Waals surface area contributed by atoms with Gasteiger partial charge in [-0.2, -0.15) is 0 Å². The first-order valence-electron chi connectivity index (χ1n) is 9.96. The van der Waals surface area contributed by atoms with E-state index in [4.69, 9.17) is 0 Å². The Bertz CT molecular complexity index is 1040. The molecule has 0 spiro atoms. The second-order valence-corrected chi connectivity index (χ2v) is 8.38. The first kappa shape index (κ1) is 19.6. The lowest BCUT2D eigenvalue weighted by Gasteiger charge is -2.38. The highest BCUT2D eigenvalue weighted by molar-refractivity contribution is 7.22. The Labute approximate surface area is 174 Å². The molecule has 0 bridgehead atoms. The summed E-state index contributed by atoms with van der Waals surface area (Å²) in [6.07, 6.45) is 0. The molecule has 1 aliphatic rings. The zero-order valence-electron chi connectivity index (χ0n) is 16.9. The van der Waals surface area contributed by atoms with Gasteiger partial charge in [0.05, 0.1) is 16.1 Å². The number of nitrogens with one attached hydrogen (secondary N) is 1. The van der Waals surface area contributed by atoms with Gasteiger partial charge in [0.2, 0.25) is 5.91 Å². The number of amides is 1. The average molecular weight is 413 g/mol. The summed E-state index contributed by atoms with van der Waals surface area (Å²) in [5, 5.41) is 3.91. The fourth-order valence-corrected chi connectivity index (χ4v) is 4.64. The van der Waals surface area contributed by atoms with E-state index < -0.39 is 0 Å². The Hall–Kier alpha value is -2.67. The summed E-state index contributed by atoms with van der Waals surface area (Å²) in [5.74, 6) is -0.288. The van der Waals surface area contributed by atoms with Crippen LogP contribution < -0.4 is 15.1 Å². The normalized spacial score (nSPS) is 14.1. The number of aryl methyl sites for hydroxylation is 1. The van der Waals surface area contributed by atoms with Gasteiger partial charge < -0.3 is 15.1 Å². The number of rotatable bonds is 6. The van der Waals surface area contributed by atoms with E-state index >= 15 is 0 Å². The molecule has 7 heteroatoms. The summed E-state index contributed by atoms with van der Waals surface area (Å²) in [6.45, 7) is 9.47. The van der Waals surface area contributed by atoms with Crippen molar-refractivity contribution in [3.05, 3.63) is 47.8 Å². The molecule has 1 saturated heterocycles. The first-order chi connectivity index (χ1) is 14.0. The third-order valence-electron chi connectivity index (χ3n) is 5.46. The van der Waals surface area contributed by atoms with E-state index in [2.05, 4.69) is 46.1 Å². The lowest BCUT2D eigenvalue weighted by Crippen LogP contribution is -2.52. The minimum absolute atomic E-state index is 0.0343. The Balaban J connectivity index is 1.38. The minimum Gasteiger partial charge on any atom is -0.372 e. The van der Waals surface area contributed by atoms with Gasteiger partial charge in [0.15, 0.2) is 5.13 Å². The van der Waals surface area contributed by atoms with Gasteiger partial charge in [0.25, 0.3) is 0 Å². The van der Waals surface area contributed by atoms with E-state index in [9.17, 15) is 9.18 Å². The van der Waals surface area contributed by atoms with Gasteiger partial charge in [-0.05, 0) is 62.7 Å². The average Bonchev–Trinajstić information content (AvgIpc) is 3.06. The maximum absolute atomic E-state index is 13.4. The standard InChI is InChI=1S/C22H25FN4OS/c1-4-26(5-2)17-7-9-18(14(3)10-17)24-21(28)15-12-27(13-15)22-25-19-8-6-16(23)11-20(19)29-22/h6-11,15H,4-5,12-13H2,1-3H3,(H,24,28). The van der Waals surface area contributed by atoms with Crippen molar-refractivity contribution < 1.29 is 9.18 Å². The molecule has 0 radical (unpaired) electrons. The van der Waals surface area contributed by atoms with Crippen molar-refractivity contribution in [2.24, 2.45) is 5.92 Å². The van der Waals surface area contributed by atoms with Crippen LogP contribution in [0.1, 0.15) is 19.4 Å². The molecule has 1 aromatic heterocycles. The number of anilines is 3. The Kier molecular flexibility index (Phi) is 5.41. The van der Waals surface area contributed by atoms with E-state index in [-0.39, 0.29) is 17.6 Å². The van der Waals surface area contributed by atoms with Crippen LogP contribution in [0.15, 0.2) is 36.4 Å². The fourth-order valence-electron chi connectivity index (χ4n) is 3.63. The van der Waals surface area contributed by atoms with Gasteiger partial charge in [-0.15, -0.1) is 0 Å². The fraction of sp³-hybridized carbons (Fsp3) is 0.364. The molecule has 3 aromatic rings. The van der Waals surface area contributed by atoms with Crippen LogP contribution in [0.5, 0.6) is 0 Å². The van der Waals surface area contributed by atoms with E-state index in [1.54, 1.807) is 6.07 Å². The highest BCUT2D eigenvalue weighted by Gasteiger charge is 2.34. The summed E-state index contributed by atoms with van der Waals surface area (Å²) < 4.78 is 14.2. The van der Waals surface area contributed by atoms with Crippen LogP contribution in [0.3, 0.4) is 0 Å². The number of benzene rings is 2. The van der Waals surface area contributed by atoms with Crippen molar-refractivity contribution in [1.82, 2.24) is 4.98 Å². The number of halogens is 1. The van der Waals surface area contributed by atoms with Crippen molar-refractivity contribution in [1.29, 1.82) is 0 Å². The van der Waals surface area contributed by atoms with Crippen LogP contribution in [0.25, 0.3) is 10.2 Å². The van der Waals surface area contributed by atoms with Gasteiger partial charge >= 0.3 is 0 Å². The molecule has 0 atom stereocenters. The molecule has 1 amide bonds. The van der Waals surface area contributed by atoms with Crippen molar-refractivity contribution in [2.45, 2.75) is 20.8 Å². The smallest absolute Gasteiger partial charge is 0.231 e. The van der Waals surface area contributed by atoms with Gasteiger partial charge in [-0.3, -0.25) is 4.79 Å². The summed E-state index contributed by atoms with van der Waals surface area (Å²) in [5.41, 5.74) is 3.89. The molecule has 29 heavy (non-hydrogen) atoms. The summed E-state index contributed by atoms with van der Waals surface area (Å²) in [7, 11) is 0. The lowest BCUT2D eigenvalue weighted by molar-refractivity contribution is -0.120. The number of thiazole rings is 1. The first-order valence-corrected chi connectivity index (χ1v) is 10.8. The highest BCUT2D eigenvalue weighted by atomic mass is 32.1. The molecule has 0 aliphatic carbocycles. The predicted molar refractivity (Wildman–Crippen MR) is 119 cm³/mol. The Morgan fingerprint density at radius 1 is 1.24 bits per heavy atom.